The second kappa shape index (κ2) is 4.45. The topological polar surface area (TPSA) is 64.0 Å². The van der Waals surface area contributed by atoms with Crippen molar-refractivity contribution in [3.8, 4) is 0 Å². The number of aromatic nitrogens is 2. The predicted molar refractivity (Wildman–Crippen MR) is 73.6 cm³/mol. The summed E-state index contributed by atoms with van der Waals surface area (Å²) in [6.45, 7) is 1.87. The van der Waals surface area contributed by atoms with Crippen LogP contribution in [0.3, 0.4) is 0 Å². The van der Waals surface area contributed by atoms with E-state index in [-0.39, 0.29) is 17.9 Å². The summed E-state index contributed by atoms with van der Waals surface area (Å²) in [5, 5.41) is 2.39. The van der Waals surface area contributed by atoms with Crippen molar-refractivity contribution in [3.05, 3.63) is 28.5 Å². The van der Waals surface area contributed by atoms with Gasteiger partial charge in [0, 0.05) is 10.9 Å². The monoisotopic (exact) mass is 321 g/mol. The third kappa shape index (κ3) is 2.06. The Morgan fingerprint density at radius 1 is 1.42 bits per heavy atom. The lowest BCUT2D eigenvalue weighted by atomic mass is 10.1. The van der Waals surface area contributed by atoms with Gasteiger partial charge in [-0.2, -0.15) is 0 Å². The molecule has 5 nitrogen and oxygen atoms in total. The second-order valence-electron chi connectivity index (χ2n) is 4.63. The summed E-state index contributed by atoms with van der Waals surface area (Å²) in [7, 11) is 0. The number of rotatable bonds is 1. The number of hydrogen-bond acceptors (Lipinski definition) is 3. The number of nitrogens with one attached hydrogen (secondary N) is 1. The van der Waals surface area contributed by atoms with Gasteiger partial charge in [-0.15, -0.1) is 0 Å². The Morgan fingerprint density at radius 2 is 2.21 bits per heavy atom. The number of imidazole rings is 1. The van der Waals surface area contributed by atoms with Crippen LogP contribution in [0.4, 0.5) is 0 Å². The van der Waals surface area contributed by atoms with Crippen LogP contribution in [-0.2, 0) is 9.59 Å². The van der Waals surface area contributed by atoms with Gasteiger partial charge in [-0.1, -0.05) is 15.9 Å². The number of halogens is 1. The summed E-state index contributed by atoms with van der Waals surface area (Å²) in [4.78, 5) is 27.7. The van der Waals surface area contributed by atoms with Crippen LogP contribution < -0.4 is 5.32 Å². The maximum atomic E-state index is 12.0. The average Bonchev–Trinajstić information content (AvgIpc) is 2.65. The Balaban J connectivity index is 2.12. The molecule has 2 aromatic rings. The quantitative estimate of drug-likeness (QED) is 0.818. The molecule has 0 saturated carbocycles. The number of benzene rings is 1. The van der Waals surface area contributed by atoms with Crippen molar-refractivity contribution in [2.24, 2.45) is 0 Å². The molecule has 0 spiro atoms. The van der Waals surface area contributed by atoms with Crippen molar-refractivity contribution in [2.75, 3.05) is 0 Å². The van der Waals surface area contributed by atoms with Gasteiger partial charge in [0.05, 0.1) is 11.0 Å². The highest BCUT2D eigenvalue weighted by Crippen LogP contribution is 2.27. The Kier molecular flexibility index (Phi) is 2.89. The van der Waals surface area contributed by atoms with Gasteiger partial charge < -0.3 is 4.57 Å². The van der Waals surface area contributed by atoms with Crippen LogP contribution in [0.1, 0.15) is 24.7 Å². The summed E-state index contributed by atoms with van der Waals surface area (Å²) >= 11 is 3.41. The fraction of sp³-hybridized carbons (Fsp3) is 0.308. The number of nitrogens with zero attached hydrogens (tertiary/aromatic N) is 2. The Hall–Kier alpha value is -1.69. The number of piperidine rings is 1. The minimum atomic E-state index is -0.358. The molecule has 1 saturated heterocycles. The van der Waals surface area contributed by atoms with Gasteiger partial charge in [-0.05, 0) is 31.5 Å². The fourth-order valence-corrected chi connectivity index (χ4v) is 2.86. The van der Waals surface area contributed by atoms with Crippen LogP contribution in [0.15, 0.2) is 22.7 Å². The van der Waals surface area contributed by atoms with Gasteiger partial charge in [0.2, 0.25) is 11.8 Å². The highest BCUT2D eigenvalue weighted by atomic mass is 79.9. The summed E-state index contributed by atoms with van der Waals surface area (Å²) in [6.07, 6.45) is 0.888. The molecule has 0 aliphatic carbocycles. The Labute approximate surface area is 118 Å². The fourth-order valence-electron chi connectivity index (χ4n) is 2.51. The van der Waals surface area contributed by atoms with Crippen molar-refractivity contribution < 1.29 is 9.59 Å². The molecule has 1 unspecified atom stereocenters. The van der Waals surface area contributed by atoms with E-state index in [4.69, 9.17) is 0 Å². The lowest BCUT2D eigenvalue weighted by Gasteiger charge is -2.23. The van der Waals surface area contributed by atoms with Gasteiger partial charge in [-0.25, -0.2) is 4.98 Å². The van der Waals surface area contributed by atoms with Crippen LogP contribution in [0.25, 0.3) is 11.0 Å². The smallest absolute Gasteiger partial charge is 0.249 e. The highest BCUT2D eigenvalue weighted by Gasteiger charge is 2.30. The Morgan fingerprint density at radius 3 is 2.95 bits per heavy atom. The Bertz CT molecular complexity index is 692. The first-order chi connectivity index (χ1) is 9.06. The summed E-state index contributed by atoms with van der Waals surface area (Å²) in [5.74, 6) is 0.329. The molecule has 2 heterocycles. The first kappa shape index (κ1) is 12.3. The average molecular weight is 322 g/mol. The van der Waals surface area contributed by atoms with Gasteiger partial charge in [0.15, 0.2) is 0 Å². The van der Waals surface area contributed by atoms with E-state index in [1.165, 1.54) is 0 Å². The summed E-state index contributed by atoms with van der Waals surface area (Å²) in [6, 6.07) is 5.42. The van der Waals surface area contributed by atoms with E-state index in [0.29, 0.717) is 12.8 Å². The third-order valence-corrected chi connectivity index (χ3v) is 3.84. The highest BCUT2D eigenvalue weighted by molar-refractivity contribution is 9.10. The van der Waals surface area contributed by atoms with Crippen molar-refractivity contribution in [1.82, 2.24) is 14.9 Å². The number of hydrogen-bond donors (Lipinski definition) is 1. The van der Waals surface area contributed by atoms with E-state index in [9.17, 15) is 9.59 Å². The van der Waals surface area contributed by atoms with Crippen LogP contribution >= 0.6 is 15.9 Å². The predicted octanol–water partition coefficient (Wildman–Crippen LogP) is 2.08. The molecule has 0 bridgehead atoms. The number of amides is 2. The summed E-state index contributed by atoms with van der Waals surface area (Å²) in [5.41, 5.74) is 1.76. The lowest BCUT2D eigenvalue weighted by Crippen LogP contribution is -2.41. The number of aryl methyl sites for hydroxylation is 1. The minimum Gasteiger partial charge on any atom is -0.316 e. The van der Waals surface area contributed by atoms with Crippen molar-refractivity contribution in [3.63, 3.8) is 0 Å². The SMILES string of the molecule is Cc1nc2cc(Br)ccc2n1C1CCC(=O)NC1=O. The lowest BCUT2D eigenvalue weighted by molar-refractivity contribution is -0.135. The van der Waals surface area contributed by atoms with Gasteiger partial charge in [0.1, 0.15) is 11.9 Å². The van der Waals surface area contributed by atoms with E-state index in [1.807, 2.05) is 29.7 Å². The zero-order valence-corrected chi connectivity index (χ0v) is 11.9. The molecule has 1 aromatic heterocycles. The minimum absolute atomic E-state index is 0.203. The molecule has 3 rings (SSSR count). The maximum Gasteiger partial charge on any atom is 0.249 e. The molecule has 1 N–H and O–H groups in total. The molecule has 98 valence electrons. The van der Waals surface area contributed by atoms with Crippen LogP contribution in [-0.4, -0.2) is 21.4 Å². The molecular formula is C13H12BrN3O2. The van der Waals surface area contributed by atoms with Crippen molar-refractivity contribution >= 4 is 38.8 Å². The van der Waals surface area contributed by atoms with E-state index < -0.39 is 0 Å². The third-order valence-electron chi connectivity index (χ3n) is 3.35. The normalized spacial score (nSPS) is 19.8. The molecule has 2 amide bonds. The first-order valence-electron chi connectivity index (χ1n) is 6.04. The standard InChI is InChI=1S/C13H12BrN3O2/c1-7-15-9-6-8(14)2-3-10(9)17(7)11-4-5-12(18)16-13(11)19/h2-3,6,11H,4-5H2,1H3,(H,16,18,19). The van der Waals surface area contributed by atoms with Crippen molar-refractivity contribution in [2.45, 2.75) is 25.8 Å². The molecule has 1 atom stereocenters. The molecule has 1 aliphatic heterocycles. The van der Waals surface area contributed by atoms with E-state index in [0.717, 1.165) is 21.3 Å². The molecule has 19 heavy (non-hydrogen) atoms. The zero-order chi connectivity index (χ0) is 13.6. The van der Waals surface area contributed by atoms with E-state index in [2.05, 4.69) is 26.2 Å². The number of imide groups is 1. The van der Waals surface area contributed by atoms with Crippen LogP contribution in [0.5, 0.6) is 0 Å². The zero-order valence-electron chi connectivity index (χ0n) is 10.3. The molecular weight excluding hydrogens is 310 g/mol. The number of carbonyl (C=O) groups excluding carboxylic acids is 2. The number of carbonyl (C=O) groups is 2. The molecule has 1 aromatic carbocycles. The van der Waals surface area contributed by atoms with Gasteiger partial charge >= 0.3 is 0 Å². The summed E-state index contributed by atoms with van der Waals surface area (Å²) < 4.78 is 2.86. The van der Waals surface area contributed by atoms with Crippen LogP contribution in [0, 0.1) is 6.92 Å². The van der Waals surface area contributed by atoms with E-state index in [1.54, 1.807) is 0 Å². The second-order valence-corrected chi connectivity index (χ2v) is 5.54. The molecule has 1 aliphatic rings. The van der Waals surface area contributed by atoms with Gasteiger partial charge in [0.25, 0.3) is 0 Å². The first-order valence-corrected chi connectivity index (χ1v) is 6.83. The largest absolute Gasteiger partial charge is 0.316 e. The molecule has 6 heteroatoms. The number of fused-ring (bicyclic) bond motifs is 1. The van der Waals surface area contributed by atoms with Crippen LogP contribution in [0.2, 0.25) is 0 Å². The maximum absolute atomic E-state index is 12.0. The van der Waals surface area contributed by atoms with E-state index >= 15 is 0 Å². The molecule has 0 radical (unpaired) electrons. The van der Waals surface area contributed by atoms with Crippen molar-refractivity contribution in [1.29, 1.82) is 0 Å². The molecule has 1 fully saturated rings. The van der Waals surface area contributed by atoms with Gasteiger partial charge in [-0.3, -0.25) is 14.9 Å².